The van der Waals surface area contributed by atoms with Crippen LogP contribution in [0.15, 0.2) is 29.3 Å². The molecule has 1 aliphatic heterocycles. The number of hydrogen-bond acceptors (Lipinski definition) is 6. The number of nitrogens with zero attached hydrogens (tertiary/aromatic N) is 1. The Balaban J connectivity index is 2.94. The Kier molecular flexibility index (Phi) is 30.2. The molecule has 1 rings (SSSR count). The largest absolute Gasteiger partial charge is 0.466 e. The molecule has 2 unspecified atom stereocenters. The third-order valence-corrected chi connectivity index (χ3v) is 10.3. The summed E-state index contributed by atoms with van der Waals surface area (Å²) < 4.78 is 18.0. The summed E-state index contributed by atoms with van der Waals surface area (Å²) in [7, 11) is 2.17. The summed E-state index contributed by atoms with van der Waals surface area (Å²) in [6.07, 6.45) is 26.3. The SMILES string of the molecule is C=C=C=C=C1C(CCCCC)CC(=O)OCCCCCCCCC(OCCCN(C)CC)CCCCCCCCOC(=O)CC1CCCCC. The van der Waals surface area contributed by atoms with E-state index in [-0.39, 0.29) is 23.8 Å². The number of carbonyl (C=O) groups is 2. The van der Waals surface area contributed by atoms with Gasteiger partial charge < -0.3 is 19.1 Å². The van der Waals surface area contributed by atoms with E-state index >= 15 is 0 Å². The van der Waals surface area contributed by atoms with Crippen molar-refractivity contribution in [1.82, 2.24) is 4.90 Å². The van der Waals surface area contributed by atoms with Gasteiger partial charge in [0, 0.05) is 13.2 Å². The molecule has 0 amide bonds. The quantitative estimate of drug-likeness (QED) is 0.102. The second kappa shape index (κ2) is 32.8. The molecule has 0 radical (unpaired) electrons. The van der Waals surface area contributed by atoms with Crippen LogP contribution in [0, 0.1) is 11.8 Å². The van der Waals surface area contributed by atoms with E-state index in [1.165, 1.54) is 51.4 Å². The summed E-state index contributed by atoms with van der Waals surface area (Å²) in [5.74, 6) is -0.397. The van der Waals surface area contributed by atoms with Crippen molar-refractivity contribution >= 4 is 11.9 Å². The molecule has 0 spiro atoms. The van der Waals surface area contributed by atoms with Crippen molar-refractivity contribution in [2.45, 2.75) is 187 Å². The van der Waals surface area contributed by atoms with Gasteiger partial charge in [0.25, 0.3) is 0 Å². The smallest absolute Gasteiger partial charge is 0.306 e. The molecule has 6 nitrogen and oxygen atoms in total. The molecule has 0 saturated carbocycles. The number of hydrogen-bond donors (Lipinski definition) is 0. The topological polar surface area (TPSA) is 65.1 Å². The summed E-state index contributed by atoms with van der Waals surface area (Å²) in [4.78, 5) is 28.7. The Hall–Kier alpha value is -2.06. The van der Waals surface area contributed by atoms with Crippen LogP contribution in [-0.4, -0.2) is 62.9 Å². The highest BCUT2D eigenvalue weighted by atomic mass is 16.5. The van der Waals surface area contributed by atoms with Crippen LogP contribution in [0.5, 0.6) is 0 Å². The first-order chi connectivity index (χ1) is 24.4. The van der Waals surface area contributed by atoms with E-state index in [1.807, 2.05) is 0 Å². The Bertz CT molecular complexity index is 923. The molecule has 288 valence electrons. The number of rotatable bonds is 14. The highest BCUT2D eigenvalue weighted by Gasteiger charge is 2.28. The van der Waals surface area contributed by atoms with Crippen LogP contribution in [0.2, 0.25) is 0 Å². The molecule has 0 N–H and O–H groups in total. The average Bonchev–Trinajstić information content (AvgIpc) is 3.10. The molecule has 1 aliphatic rings. The molecular weight excluding hydrogens is 622 g/mol. The fourth-order valence-electron chi connectivity index (χ4n) is 6.98. The lowest BCUT2D eigenvalue weighted by molar-refractivity contribution is -0.145. The molecular formula is C44H77NO5. The number of allylic oxidation sites excluding steroid dienone is 1. The molecule has 0 aromatic carbocycles. The minimum Gasteiger partial charge on any atom is -0.466 e. The van der Waals surface area contributed by atoms with Crippen LogP contribution < -0.4 is 0 Å². The fourth-order valence-corrected chi connectivity index (χ4v) is 6.98. The first-order valence-corrected chi connectivity index (χ1v) is 21.0. The van der Waals surface area contributed by atoms with Gasteiger partial charge in [-0.25, -0.2) is 0 Å². The number of unbranched alkanes of at least 4 members (excludes halogenated alkanes) is 4. The van der Waals surface area contributed by atoms with Gasteiger partial charge in [-0.2, -0.15) is 0 Å². The molecule has 50 heavy (non-hydrogen) atoms. The second-order valence-corrected chi connectivity index (χ2v) is 14.7. The second-order valence-electron chi connectivity index (χ2n) is 14.7. The monoisotopic (exact) mass is 700 g/mol. The molecule has 1 heterocycles. The van der Waals surface area contributed by atoms with Crippen molar-refractivity contribution in [1.29, 1.82) is 0 Å². The van der Waals surface area contributed by atoms with Gasteiger partial charge >= 0.3 is 11.9 Å². The standard InChI is InChI=1S/C44H77NO5/c1-6-10-21-28-39-37-43(46)49-34-25-19-15-13-17-23-30-41(48-36-27-33-45(5)9-4)31-24-18-14-16-20-26-35-50-44(47)38-40(29-22-11-7-2)42(39)32-12-8-3/h39-41H,3,6-7,9-11,13-31,33-38H2,1-2,4-5H3. The van der Waals surface area contributed by atoms with Crippen molar-refractivity contribution in [2.75, 3.05) is 40.0 Å². The van der Waals surface area contributed by atoms with E-state index in [0.717, 1.165) is 122 Å². The molecule has 0 aromatic heterocycles. The van der Waals surface area contributed by atoms with E-state index in [4.69, 9.17) is 14.2 Å². The third kappa shape index (κ3) is 25.0. The summed E-state index contributed by atoms with van der Waals surface area (Å²) in [6.45, 7) is 14.3. The van der Waals surface area contributed by atoms with Gasteiger partial charge in [-0.1, -0.05) is 135 Å². The minimum atomic E-state index is -0.155. The summed E-state index contributed by atoms with van der Waals surface area (Å²) in [6, 6.07) is 0. The van der Waals surface area contributed by atoms with Crippen LogP contribution >= 0.6 is 0 Å². The molecule has 1 fully saturated rings. The van der Waals surface area contributed by atoms with E-state index in [2.05, 4.69) is 56.5 Å². The first kappa shape index (κ1) is 46.0. The van der Waals surface area contributed by atoms with Gasteiger partial charge in [0.2, 0.25) is 0 Å². The number of ether oxygens (including phenoxy) is 3. The molecule has 0 aromatic rings. The van der Waals surface area contributed by atoms with Crippen molar-refractivity contribution in [3.8, 4) is 0 Å². The zero-order chi connectivity index (χ0) is 36.5. The Morgan fingerprint density at radius 1 is 0.700 bits per heavy atom. The van der Waals surface area contributed by atoms with Crippen molar-refractivity contribution < 1.29 is 23.8 Å². The van der Waals surface area contributed by atoms with Gasteiger partial charge in [-0.3, -0.25) is 9.59 Å². The maximum absolute atomic E-state index is 13.2. The van der Waals surface area contributed by atoms with Gasteiger partial charge in [-0.05, 0) is 88.3 Å². The van der Waals surface area contributed by atoms with Gasteiger partial charge in [0.05, 0.1) is 32.2 Å². The first-order valence-electron chi connectivity index (χ1n) is 21.0. The lowest BCUT2D eigenvalue weighted by Gasteiger charge is -2.25. The van der Waals surface area contributed by atoms with Gasteiger partial charge in [0.1, 0.15) is 0 Å². The van der Waals surface area contributed by atoms with E-state index < -0.39 is 0 Å². The van der Waals surface area contributed by atoms with Crippen LogP contribution in [0.4, 0.5) is 0 Å². The van der Waals surface area contributed by atoms with Gasteiger partial charge in [0.15, 0.2) is 0 Å². The lowest BCUT2D eigenvalue weighted by Crippen LogP contribution is -2.22. The zero-order valence-corrected chi connectivity index (χ0v) is 33.1. The van der Waals surface area contributed by atoms with E-state index in [9.17, 15) is 9.59 Å². The molecule has 2 atom stereocenters. The molecule has 1 saturated heterocycles. The number of esters is 2. The number of cyclic esters (lactones) is 2. The predicted octanol–water partition coefficient (Wildman–Crippen LogP) is 11.5. The van der Waals surface area contributed by atoms with E-state index in [0.29, 0.717) is 32.2 Å². The Morgan fingerprint density at radius 2 is 1.18 bits per heavy atom. The predicted molar refractivity (Wildman–Crippen MR) is 208 cm³/mol. The maximum Gasteiger partial charge on any atom is 0.306 e. The van der Waals surface area contributed by atoms with Gasteiger partial charge in [-0.15, -0.1) is 0 Å². The van der Waals surface area contributed by atoms with Crippen LogP contribution in [0.1, 0.15) is 181 Å². The van der Waals surface area contributed by atoms with Crippen molar-refractivity contribution in [3.63, 3.8) is 0 Å². The summed E-state index contributed by atoms with van der Waals surface area (Å²) >= 11 is 0. The summed E-state index contributed by atoms with van der Waals surface area (Å²) in [5, 5.41) is 0. The van der Waals surface area contributed by atoms with Crippen molar-refractivity contribution in [3.05, 3.63) is 29.3 Å². The molecule has 6 heteroatoms. The average molecular weight is 700 g/mol. The van der Waals surface area contributed by atoms with Crippen LogP contribution in [0.25, 0.3) is 0 Å². The maximum atomic E-state index is 13.2. The minimum absolute atomic E-state index is 0.0432. The number of carbonyl (C=O) groups excluding carboxylic acids is 2. The Morgan fingerprint density at radius 3 is 1.64 bits per heavy atom. The summed E-state index contributed by atoms with van der Waals surface area (Å²) in [5.41, 5.74) is 10.00. The zero-order valence-electron chi connectivity index (χ0n) is 33.1. The fraction of sp³-hybridized carbons (Fsp3) is 0.841. The third-order valence-electron chi connectivity index (χ3n) is 10.3. The molecule has 0 aliphatic carbocycles. The lowest BCUT2D eigenvalue weighted by atomic mass is 9.79. The Labute approximate surface area is 308 Å². The highest BCUT2D eigenvalue weighted by molar-refractivity contribution is 5.71. The van der Waals surface area contributed by atoms with Crippen LogP contribution in [0.3, 0.4) is 0 Å². The van der Waals surface area contributed by atoms with Crippen LogP contribution in [-0.2, 0) is 23.8 Å². The highest BCUT2D eigenvalue weighted by Crippen LogP contribution is 2.33. The van der Waals surface area contributed by atoms with Crippen molar-refractivity contribution in [2.24, 2.45) is 11.8 Å². The van der Waals surface area contributed by atoms with E-state index in [1.54, 1.807) is 0 Å². The molecule has 0 bridgehead atoms. The normalized spacial score (nSPS) is 22.2.